The number of rotatable bonds is 3. The van der Waals surface area contributed by atoms with Crippen LogP contribution in [0.15, 0.2) is 55.3 Å². The van der Waals surface area contributed by atoms with Crippen molar-refractivity contribution in [2.75, 3.05) is 0 Å². The third kappa shape index (κ3) is 3.53. The topological polar surface area (TPSA) is 63.0 Å². The van der Waals surface area contributed by atoms with Gasteiger partial charge in [-0.25, -0.2) is 14.7 Å². The first-order chi connectivity index (χ1) is 11.5. The van der Waals surface area contributed by atoms with E-state index >= 15 is 0 Å². The summed E-state index contributed by atoms with van der Waals surface area (Å²) in [6.07, 6.45) is 3.15. The van der Waals surface area contributed by atoms with Crippen molar-refractivity contribution in [2.24, 2.45) is 4.99 Å². The van der Waals surface area contributed by atoms with Gasteiger partial charge in [0.25, 0.3) is 5.56 Å². The number of aromatic nitrogens is 3. The van der Waals surface area contributed by atoms with Crippen molar-refractivity contribution in [2.45, 2.75) is 6.92 Å². The highest BCUT2D eigenvalue weighted by molar-refractivity contribution is 9.11. The van der Waals surface area contributed by atoms with Crippen LogP contribution in [0.25, 0.3) is 5.69 Å². The Hall–Kier alpha value is -1.70. The van der Waals surface area contributed by atoms with Crippen LogP contribution in [0.2, 0.25) is 5.02 Å². The first-order valence-electron chi connectivity index (χ1n) is 6.88. The summed E-state index contributed by atoms with van der Waals surface area (Å²) in [5.74, 6) is 0.493. The quantitative estimate of drug-likeness (QED) is 0.559. The molecule has 0 saturated heterocycles. The van der Waals surface area contributed by atoms with Crippen molar-refractivity contribution < 1.29 is 0 Å². The summed E-state index contributed by atoms with van der Waals surface area (Å²) in [6, 6.07) is 8.90. The zero-order chi connectivity index (χ0) is 17.3. The number of benzene rings is 1. The van der Waals surface area contributed by atoms with E-state index in [1.54, 1.807) is 30.5 Å². The molecule has 0 aliphatic heterocycles. The molecule has 0 saturated carbocycles. The molecule has 24 heavy (non-hydrogen) atoms. The van der Waals surface area contributed by atoms with E-state index in [9.17, 15) is 4.79 Å². The van der Waals surface area contributed by atoms with Gasteiger partial charge in [-0.3, -0.25) is 9.89 Å². The molecule has 0 atom stereocenters. The molecule has 0 unspecified atom stereocenters. The van der Waals surface area contributed by atoms with Crippen molar-refractivity contribution in [3.05, 3.63) is 72.1 Å². The maximum absolute atomic E-state index is 12.6. The zero-order valence-corrected chi connectivity index (χ0v) is 16.4. The van der Waals surface area contributed by atoms with E-state index in [1.807, 2.05) is 13.0 Å². The van der Waals surface area contributed by atoms with E-state index in [4.69, 9.17) is 11.6 Å². The molecule has 0 fully saturated rings. The van der Waals surface area contributed by atoms with Gasteiger partial charge in [0.05, 0.1) is 15.7 Å². The normalized spacial score (nSPS) is 11.3. The molecule has 0 aliphatic carbocycles. The summed E-state index contributed by atoms with van der Waals surface area (Å²) >= 11 is 12.7. The predicted molar refractivity (Wildman–Crippen MR) is 103 cm³/mol. The molecule has 1 aromatic carbocycles. The molecule has 8 heteroatoms. The maximum Gasteiger partial charge on any atom is 0.280 e. The Labute approximate surface area is 159 Å². The molecule has 0 bridgehead atoms. The Bertz CT molecular complexity index is 994. The molecule has 122 valence electrons. The van der Waals surface area contributed by atoms with Gasteiger partial charge >= 0.3 is 0 Å². The number of nitrogens with one attached hydrogen (secondary N) is 1. The van der Waals surface area contributed by atoms with E-state index in [0.29, 0.717) is 27.8 Å². The fourth-order valence-corrected chi connectivity index (χ4v) is 3.41. The third-order valence-corrected chi connectivity index (χ3v) is 4.54. The fourth-order valence-electron chi connectivity index (χ4n) is 2.14. The summed E-state index contributed by atoms with van der Waals surface area (Å²) in [4.78, 5) is 21.1. The van der Waals surface area contributed by atoms with E-state index in [0.717, 1.165) is 8.95 Å². The van der Waals surface area contributed by atoms with Gasteiger partial charge in [0.1, 0.15) is 0 Å². The number of H-pyrrole nitrogens is 1. The van der Waals surface area contributed by atoms with Gasteiger partial charge in [-0.1, -0.05) is 17.7 Å². The molecule has 0 aliphatic rings. The predicted octanol–water partition coefficient (Wildman–Crippen LogP) is 4.80. The Morgan fingerprint density at radius 3 is 2.83 bits per heavy atom. The molecule has 2 heterocycles. The van der Waals surface area contributed by atoms with Gasteiger partial charge in [-0.05, 0) is 63.0 Å². The third-order valence-electron chi connectivity index (χ3n) is 3.29. The Morgan fingerprint density at radius 1 is 1.33 bits per heavy atom. The smallest absolute Gasteiger partial charge is 0.280 e. The lowest BCUT2D eigenvalue weighted by Gasteiger charge is -2.01. The van der Waals surface area contributed by atoms with E-state index < -0.39 is 0 Å². The maximum atomic E-state index is 12.6. The molecule has 3 rings (SSSR count). The van der Waals surface area contributed by atoms with Gasteiger partial charge < -0.3 is 0 Å². The second-order valence-electron chi connectivity index (χ2n) is 4.99. The van der Waals surface area contributed by atoms with Gasteiger partial charge in [-0.15, -0.1) is 0 Å². The van der Waals surface area contributed by atoms with Gasteiger partial charge in [0.15, 0.2) is 5.82 Å². The van der Waals surface area contributed by atoms with Crippen LogP contribution in [0.1, 0.15) is 11.3 Å². The largest absolute Gasteiger partial charge is 0.295 e. The van der Waals surface area contributed by atoms with Crippen LogP contribution >= 0.6 is 43.5 Å². The van der Waals surface area contributed by atoms with Gasteiger partial charge in [-0.2, -0.15) is 0 Å². The van der Waals surface area contributed by atoms with Crippen molar-refractivity contribution in [1.82, 2.24) is 14.8 Å². The van der Waals surface area contributed by atoms with Crippen LogP contribution in [0, 0.1) is 6.92 Å². The molecule has 5 nitrogen and oxygen atoms in total. The Kier molecular flexibility index (Phi) is 5.03. The lowest BCUT2D eigenvalue weighted by atomic mass is 10.3. The lowest BCUT2D eigenvalue weighted by molar-refractivity contribution is 0.835. The molecule has 0 amide bonds. The van der Waals surface area contributed by atoms with Crippen LogP contribution in [0.3, 0.4) is 0 Å². The number of pyridine rings is 1. The van der Waals surface area contributed by atoms with Crippen molar-refractivity contribution in [1.29, 1.82) is 0 Å². The molecule has 2 aromatic heterocycles. The fraction of sp³-hybridized carbons (Fsp3) is 0.0625. The van der Waals surface area contributed by atoms with E-state index in [2.05, 4.69) is 46.9 Å². The minimum Gasteiger partial charge on any atom is -0.295 e. The number of halogens is 3. The minimum atomic E-state index is -0.202. The minimum absolute atomic E-state index is 0.202. The first-order valence-corrected chi connectivity index (χ1v) is 8.85. The number of aromatic amines is 1. The molecular formula is C16H11Br2ClN4O. The number of aryl methyl sites for hydroxylation is 1. The van der Waals surface area contributed by atoms with Crippen LogP contribution in [0.5, 0.6) is 0 Å². The molecular weight excluding hydrogens is 459 g/mol. The van der Waals surface area contributed by atoms with Crippen molar-refractivity contribution in [3.8, 4) is 5.69 Å². The molecule has 3 aromatic rings. The van der Waals surface area contributed by atoms with Gasteiger partial charge in [0, 0.05) is 27.6 Å². The van der Waals surface area contributed by atoms with Gasteiger partial charge in [0.2, 0.25) is 0 Å². The first kappa shape index (κ1) is 17.1. The van der Waals surface area contributed by atoms with E-state index in [1.165, 1.54) is 10.9 Å². The summed E-state index contributed by atoms with van der Waals surface area (Å²) in [5, 5.41) is 3.59. The highest BCUT2D eigenvalue weighted by Crippen LogP contribution is 2.25. The molecule has 0 radical (unpaired) electrons. The number of aliphatic imine (C=N–C) groups is 1. The summed E-state index contributed by atoms with van der Waals surface area (Å²) in [5.41, 5.74) is 1.63. The highest BCUT2D eigenvalue weighted by Gasteiger charge is 2.11. The molecule has 1 N–H and O–H groups in total. The van der Waals surface area contributed by atoms with Crippen LogP contribution < -0.4 is 5.56 Å². The van der Waals surface area contributed by atoms with E-state index in [-0.39, 0.29) is 5.56 Å². The molecule has 0 spiro atoms. The highest BCUT2D eigenvalue weighted by atomic mass is 79.9. The zero-order valence-electron chi connectivity index (χ0n) is 12.4. The van der Waals surface area contributed by atoms with Crippen LogP contribution in [0.4, 0.5) is 5.82 Å². The Morgan fingerprint density at radius 2 is 2.12 bits per heavy atom. The standard InChI is InChI=1S/C16H11Br2ClN4O/c1-9-13(8-21-15-14(18)5-10(17)7-20-15)16(24)23(22-9)12-4-2-3-11(19)6-12/h2-8,22H,1H3/b21-8+. The average molecular weight is 471 g/mol. The second kappa shape index (κ2) is 7.04. The SMILES string of the molecule is Cc1[nH]n(-c2cccc(Cl)c2)c(=O)c1/C=N/c1ncc(Br)cc1Br. The lowest BCUT2D eigenvalue weighted by Crippen LogP contribution is -2.17. The number of hydrogen-bond acceptors (Lipinski definition) is 3. The Balaban J connectivity index is 2.01. The second-order valence-corrected chi connectivity index (χ2v) is 7.19. The number of nitrogens with zero attached hydrogens (tertiary/aromatic N) is 3. The van der Waals surface area contributed by atoms with Crippen molar-refractivity contribution >= 4 is 55.5 Å². The summed E-state index contributed by atoms with van der Waals surface area (Å²) in [7, 11) is 0. The van der Waals surface area contributed by atoms with Crippen LogP contribution in [-0.2, 0) is 0 Å². The average Bonchev–Trinajstić information content (AvgIpc) is 2.81. The summed E-state index contributed by atoms with van der Waals surface area (Å²) in [6.45, 7) is 1.81. The van der Waals surface area contributed by atoms with Crippen molar-refractivity contribution in [3.63, 3.8) is 0 Å². The monoisotopic (exact) mass is 468 g/mol. The summed E-state index contributed by atoms with van der Waals surface area (Å²) < 4.78 is 3.01. The van der Waals surface area contributed by atoms with Crippen LogP contribution in [-0.4, -0.2) is 21.0 Å². The number of hydrogen-bond donors (Lipinski definition) is 1.